The minimum Gasteiger partial charge on any atom is -0.479 e. The Morgan fingerprint density at radius 1 is 0.410 bits per heavy atom. The van der Waals surface area contributed by atoms with Crippen molar-refractivity contribution in [2.45, 2.75) is 327 Å². The van der Waals surface area contributed by atoms with Crippen LogP contribution in [0.15, 0.2) is 85.1 Å². The fourth-order valence-corrected chi connectivity index (χ4v) is 9.90. The maximum Gasteiger partial charge on any atom is 0.335 e. The van der Waals surface area contributed by atoms with E-state index in [1.807, 2.05) is 0 Å². The molecule has 6 atom stereocenters. The maximum atomic E-state index is 13.2. The third-order valence-corrected chi connectivity index (χ3v) is 15.0. The Morgan fingerprint density at radius 2 is 0.759 bits per heavy atom. The number of aliphatic hydroxyl groups is 2. The second-order valence-corrected chi connectivity index (χ2v) is 22.7. The predicted octanol–water partition coefficient (Wildman–Crippen LogP) is 18.2. The molecular weight excluding hydrogens is 1040 g/mol. The third-order valence-electron chi connectivity index (χ3n) is 15.0. The molecule has 3 N–H and O–H groups in total. The molecule has 0 aromatic carbocycles. The molecule has 0 aromatic rings. The second-order valence-electron chi connectivity index (χ2n) is 22.7. The number of carbonyl (C=O) groups excluding carboxylic acids is 3. The number of esters is 3. The molecule has 0 aromatic heterocycles. The normalized spacial score (nSPS) is 18.1. The standard InChI is InChI=1S/C71H120O12/c1-4-7-10-13-16-19-22-25-28-31-32-35-36-39-42-45-48-51-54-57-63(72)79-60-62(81-64(73)58-55-52-49-46-43-40-37-33-29-26-23-20-17-14-11-8-5-2)61-80-71-69(67(76)66(75)68(83-71)70(77)78)82-65(74)59-56-53-50-47-44-41-38-34-30-27-24-21-18-15-12-9-6-3/h8-9,11-12,17-18,20-21,26-27,29-30,38,41,62,66-69,71,75-76H,4-7,10,13-16,19,22-25,28,31-37,39-40,42-61H2,1-3H3,(H,77,78)/b11-8-,12-9-,20-17-,21-18-,29-26-,30-27-,41-38-. The van der Waals surface area contributed by atoms with Gasteiger partial charge in [-0.3, -0.25) is 14.4 Å². The number of carbonyl (C=O) groups is 4. The van der Waals surface area contributed by atoms with Crippen LogP contribution in [0, 0.1) is 0 Å². The van der Waals surface area contributed by atoms with Gasteiger partial charge in [-0.15, -0.1) is 0 Å². The summed E-state index contributed by atoms with van der Waals surface area (Å²) < 4.78 is 28.6. The highest BCUT2D eigenvalue weighted by Gasteiger charge is 2.50. The highest BCUT2D eigenvalue weighted by Crippen LogP contribution is 2.27. The van der Waals surface area contributed by atoms with Gasteiger partial charge in [0.15, 0.2) is 24.6 Å². The molecule has 83 heavy (non-hydrogen) atoms. The summed E-state index contributed by atoms with van der Waals surface area (Å²) in [5.41, 5.74) is 0. The van der Waals surface area contributed by atoms with E-state index in [-0.39, 0.29) is 25.9 Å². The lowest BCUT2D eigenvalue weighted by atomic mass is 9.98. The zero-order valence-corrected chi connectivity index (χ0v) is 52.7. The maximum absolute atomic E-state index is 13.2. The van der Waals surface area contributed by atoms with Gasteiger partial charge in [0.05, 0.1) is 6.61 Å². The van der Waals surface area contributed by atoms with Crippen LogP contribution in [0.4, 0.5) is 0 Å². The number of allylic oxidation sites excluding steroid dienone is 14. The third kappa shape index (κ3) is 47.8. The number of hydrogen-bond donors (Lipinski definition) is 3. The van der Waals surface area contributed by atoms with E-state index in [2.05, 4.69) is 106 Å². The first-order valence-corrected chi connectivity index (χ1v) is 33.6. The molecule has 0 amide bonds. The van der Waals surface area contributed by atoms with Crippen molar-refractivity contribution in [3.05, 3.63) is 85.1 Å². The van der Waals surface area contributed by atoms with E-state index >= 15 is 0 Å². The molecule has 12 nitrogen and oxygen atoms in total. The van der Waals surface area contributed by atoms with E-state index in [9.17, 15) is 34.5 Å². The summed E-state index contributed by atoms with van der Waals surface area (Å²) >= 11 is 0. The van der Waals surface area contributed by atoms with Crippen LogP contribution in [-0.2, 0) is 42.9 Å². The van der Waals surface area contributed by atoms with Crippen LogP contribution < -0.4 is 0 Å². The molecule has 1 fully saturated rings. The average molecular weight is 1170 g/mol. The van der Waals surface area contributed by atoms with Crippen molar-refractivity contribution in [2.75, 3.05) is 13.2 Å². The van der Waals surface area contributed by atoms with E-state index in [4.69, 9.17) is 23.7 Å². The number of aliphatic hydroxyl groups excluding tert-OH is 2. The highest BCUT2D eigenvalue weighted by molar-refractivity contribution is 5.74. The van der Waals surface area contributed by atoms with Crippen LogP contribution in [0.1, 0.15) is 290 Å². The van der Waals surface area contributed by atoms with E-state index < -0.39 is 67.3 Å². The van der Waals surface area contributed by atoms with Crippen LogP contribution in [0.25, 0.3) is 0 Å². The van der Waals surface area contributed by atoms with Crippen LogP contribution in [-0.4, -0.2) is 89.2 Å². The Kier molecular flexibility index (Phi) is 54.0. The van der Waals surface area contributed by atoms with Gasteiger partial charge in [-0.1, -0.05) is 266 Å². The summed E-state index contributed by atoms with van der Waals surface area (Å²) in [4.78, 5) is 51.4. The number of ether oxygens (including phenoxy) is 5. The second kappa shape index (κ2) is 58.3. The minimum atomic E-state index is -1.92. The van der Waals surface area contributed by atoms with Gasteiger partial charge in [-0.25, -0.2) is 4.79 Å². The van der Waals surface area contributed by atoms with Gasteiger partial charge < -0.3 is 39.0 Å². The molecule has 1 aliphatic rings. The Hall–Kier alpha value is -4.10. The molecule has 1 saturated heterocycles. The number of carboxylic acid groups (broad SMARTS) is 1. The molecule has 0 bridgehead atoms. The number of rotatable bonds is 57. The molecule has 0 radical (unpaired) electrons. The predicted molar refractivity (Wildman–Crippen MR) is 340 cm³/mol. The largest absolute Gasteiger partial charge is 0.479 e. The number of hydrogen-bond acceptors (Lipinski definition) is 11. The van der Waals surface area contributed by atoms with Crippen LogP contribution in [0.2, 0.25) is 0 Å². The van der Waals surface area contributed by atoms with E-state index in [0.717, 1.165) is 135 Å². The quantitative estimate of drug-likeness (QED) is 0.0228. The Balaban J connectivity index is 2.66. The van der Waals surface area contributed by atoms with Gasteiger partial charge in [0.25, 0.3) is 0 Å². The molecule has 0 spiro atoms. The van der Waals surface area contributed by atoms with Gasteiger partial charge >= 0.3 is 23.9 Å². The highest BCUT2D eigenvalue weighted by atomic mass is 16.7. The van der Waals surface area contributed by atoms with Crippen molar-refractivity contribution < 1.29 is 58.2 Å². The van der Waals surface area contributed by atoms with Crippen molar-refractivity contribution in [2.24, 2.45) is 0 Å². The fraction of sp³-hybridized carbons (Fsp3) is 0.746. The monoisotopic (exact) mass is 1160 g/mol. The molecule has 1 heterocycles. The average Bonchev–Trinajstić information content (AvgIpc) is 3.55. The Bertz CT molecular complexity index is 1760. The zero-order valence-electron chi connectivity index (χ0n) is 52.7. The van der Waals surface area contributed by atoms with E-state index in [1.54, 1.807) is 0 Å². The summed E-state index contributed by atoms with van der Waals surface area (Å²) in [5.74, 6) is -3.15. The molecule has 12 heteroatoms. The lowest BCUT2D eigenvalue weighted by Crippen LogP contribution is -2.61. The molecule has 0 aliphatic carbocycles. The lowest BCUT2D eigenvalue weighted by Gasteiger charge is -2.40. The topological polar surface area (TPSA) is 175 Å². The van der Waals surface area contributed by atoms with Crippen molar-refractivity contribution >= 4 is 23.9 Å². The number of unbranched alkanes of at least 4 members (excludes halogenated alkanes) is 29. The molecule has 1 aliphatic heterocycles. The first-order valence-electron chi connectivity index (χ1n) is 33.6. The summed E-state index contributed by atoms with van der Waals surface area (Å²) in [7, 11) is 0. The van der Waals surface area contributed by atoms with Crippen molar-refractivity contribution in [1.82, 2.24) is 0 Å². The number of aliphatic carboxylic acids is 1. The molecule has 476 valence electrons. The fourth-order valence-electron chi connectivity index (χ4n) is 9.90. The van der Waals surface area contributed by atoms with Crippen molar-refractivity contribution in [1.29, 1.82) is 0 Å². The Labute approximate surface area is 505 Å². The summed E-state index contributed by atoms with van der Waals surface area (Å²) in [6, 6.07) is 0. The minimum absolute atomic E-state index is 0.0296. The zero-order chi connectivity index (χ0) is 60.3. The van der Waals surface area contributed by atoms with Crippen LogP contribution >= 0.6 is 0 Å². The van der Waals surface area contributed by atoms with E-state index in [1.165, 1.54) is 96.3 Å². The first kappa shape index (κ1) is 76.9. The van der Waals surface area contributed by atoms with Crippen LogP contribution in [0.3, 0.4) is 0 Å². The lowest BCUT2D eigenvalue weighted by molar-refractivity contribution is -0.301. The first-order chi connectivity index (χ1) is 40.6. The van der Waals surface area contributed by atoms with Gasteiger partial charge in [0, 0.05) is 19.3 Å². The van der Waals surface area contributed by atoms with Gasteiger partial charge in [-0.2, -0.15) is 0 Å². The summed E-state index contributed by atoms with van der Waals surface area (Å²) in [6.07, 6.45) is 64.0. The van der Waals surface area contributed by atoms with Crippen LogP contribution in [0.5, 0.6) is 0 Å². The molecular formula is C71H120O12. The van der Waals surface area contributed by atoms with Crippen molar-refractivity contribution in [3.8, 4) is 0 Å². The van der Waals surface area contributed by atoms with Gasteiger partial charge in [-0.05, 0) is 89.9 Å². The Morgan fingerprint density at radius 3 is 1.16 bits per heavy atom. The number of carboxylic acids is 1. The SMILES string of the molecule is CC/C=C\C/C=C\C/C=C\C/C=C\CCCCCCC(=O)OC1C(OCC(COC(=O)CCCCCCCCCCCCCCCCCCCCC)OC(=O)CCCCCCCCC/C=C\C/C=C\C/C=C\CC)OC(C(=O)O)C(O)C1O. The summed E-state index contributed by atoms with van der Waals surface area (Å²) in [5, 5.41) is 31.6. The molecule has 0 saturated carbocycles. The van der Waals surface area contributed by atoms with E-state index in [0.29, 0.717) is 19.3 Å². The van der Waals surface area contributed by atoms with Crippen molar-refractivity contribution in [3.63, 3.8) is 0 Å². The van der Waals surface area contributed by atoms with Gasteiger partial charge in [0.2, 0.25) is 0 Å². The smallest absolute Gasteiger partial charge is 0.335 e. The molecule has 1 rings (SSSR count). The summed E-state index contributed by atoms with van der Waals surface area (Å²) in [6.45, 7) is 5.79. The molecule has 6 unspecified atom stereocenters. The van der Waals surface area contributed by atoms with Gasteiger partial charge in [0.1, 0.15) is 18.8 Å².